The van der Waals surface area contributed by atoms with Crippen LogP contribution in [0.3, 0.4) is 0 Å². The first-order valence-corrected chi connectivity index (χ1v) is 7.08. The van der Waals surface area contributed by atoms with E-state index in [1.54, 1.807) is 6.07 Å². The van der Waals surface area contributed by atoms with Gasteiger partial charge in [0, 0.05) is 30.1 Å². The molecule has 1 amide bonds. The van der Waals surface area contributed by atoms with E-state index in [-0.39, 0.29) is 35.4 Å². The zero-order valence-corrected chi connectivity index (χ0v) is 13.1. The van der Waals surface area contributed by atoms with Gasteiger partial charge in [0.05, 0.1) is 7.11 Å². The number of aromatic nitrogens is 2. The van der Waals surface area contributed by atoms with Gasteiger partial charge >= 0.3 is 0 Å². The molecule has 23 heavy (non-hydrogen) atoms. The average Bonchev–Trinajstić information content (AvgIpc) is 2.54. The number of carbonyl (C=O) groups excluding carboxylic acids is 3. The predicted octanol–water partition coefficient (Wildman–Crippen LogP) is 0.841. The number of hydrogen-bond acceptors (Lipinski definition) is 6. The van der Waals surface area contributed by atoms with Crippen LogP contribution in [0.4, 0.5) is 0 Å². The summed E-state index contributed by atoms with van der Waals surface area (Å²) >= 11 is 0. The summed E-state index contributed by atoms with van der Waals surface area (Å²) < 4.78 is 5.10. The highest BCUT2D eigenvalue weighted by Gasteiger charge is 2.31. The molecule has 0 unspecified atom stereocenters. The zero-order valence-electron chi connectivity index (χ0n) is 13.1. The van der Waals surface area contributed by atoms with Crippen LogP contribution >= 0.6 is 0 Å². The van der Waals surface area contributed by atoms with Gasteiger partial charge < -0.3 is 10.1 Å². The normalized spacial score (nSPS) is 14.9. The molecule has 0 bridgehead atoms. The second kappa shape index (κ2) is 6.95. The molecule has 1 aliphatic carbocycles. The molecule has 0 aliphatic heterocycles. The number of amides is 1. The van der Waals surface area contributed by atoms with Crippen LogP contribution in [0.1, 0.15) is 24.5 Å². The molecule has 1 aromatic rings. The molecule has 1 heterocycles. The van der Waals surface area contributed by atoms with Crippen molar-refractivity contribution >= 4 is 17.5 Å². The molecule has 120 valence electrons. The molecule has 0 fully saturated rings. The van der Waals surface area contributed by atoms with Crippen LogP contribution in [0, 0.1) is 5.92 Å². The molecule has 1 N–H and O–H groups in total. The Kier molecular flexibility index (Phi) is 5.00. The van der Waals surface area contributed by atoms with E-state index in [9.17, 15) is 14.4 Å². The number of carbonyl (C=O) groups is 3. The minimum Gasteiger partial charge on any atom is -0.492 e. The molecule has 1 aromatic heterocycles. The van der Waals surface area contributed by atoms with Gasteiger partial charge in [-0.15, -0.1) is 0 Å². The Bertz CT molecular complexity index is 705. The quantitative estimate of drug-likeness (QED) is 0.809. The number of rotatable bonds is 5. The van der Waals surface area contributed by atoms with Crippen LogP contribution in [0.15, 0.2) is 41.4 Å². The van der Waals surface area contributed by atoms with Crippen LogP contribution in [-0.4, -0.2) is 41.1 Å². The molecular weight excluding hydrogens is 298 g/mol. The average molecular weight is 315 g/mol. The Labute approximate surface area is 133 Å². The minimum absolute atomic E-state index is 0.00642. The fourth-order valence-electron chi connectivity index (χ4n) is 2.23. The third-order valence-electron chi connectivity index (χ3n) is 3.30. The van der Waals surface area contributed by atoms with Gasteiger partial charge in [0.2, 0.25) is 11.6 Å². The van der Waals surface area contributed by atoms with Crippen molar-refractivity contribution in [2.75, 3.05) is 13.7 Å². The highest BCUT2D eigenvalue weighted by molar-refractivity contribution is 6.22. The second-order valence-electron chi connectivity index (χ2n) is 5.22. The molecule has 0 saturated heterocycles. The van der Waals surface area contributed by atoms with Crippen molar-refractivity contribution in [1.29, 1.82) is 0 Å². The van der Waals surface area contributed by atoms with E-state index in [1.807, 2.05) is 13.8 Å². The Morgan fingerprint density at radius 1 is 1.26 bits per heavy atom. The molecule has 7 heteroatoms. The number of hydrogen-bond donors (Lipinski definition) is 1. The van der Waals surface area contributed by atoms with Crippen molar-refractivity contribution in [2.45, 2.75) is 13.8 Å². The van der Waals surface area contributed by atoms with Gasteiger partial charge in [-0.05, 0) is 18.1 Å². The maximum Gasteiger partial charge on any atom is 0.289 e. The van der Waals surface area contributed by atoms with Gasteiger partial charge in [-0.2, -0.15) is 0 Å². The topological polar surface area (TPSA) is 98.2 Å². The van der Waals surface area contributed by atoms with Crippen LogP contribution in [0.5, 0.6) is 0 Å². The van der Waals surface area contributed by atoms with E-state index in [2.05, 4.69) is 15.3 Å². The summed E-state index contributed by atoms with van der Waals surface area (Å²) in [5, 5.41) is 2.52. The lowest BCUT2D eigenvalue weighted by Crippen LogP contribution is -2.32. The van der Waals surface area contributed by atoms with Crippen molar-refractivity contribution in [3.05, 3.63) is 47.3 Å². The van der Waals surface area contributed by atoms with Crippen LogP contribution in [-0.2, 0) is 14.3 Å². The fraction of sp³-hybridized carbons (Fsp3) is 0.312. The van der Waals surface area contributed by atoms with E-state index in [0.717, 1.165) is 0 Å². The first-order valence-electron chi connectivity index (χ1n) is 7.08. The van der Waals surface area contributed by atoms with Gasteiger partial charge in [-0.1, -0.05) is 13.8 Å². The summed E-state index contributed by atoms with van der Waals surface area (Å²) in [6.07, 6.45) is 4.13. The van der Waals surface area contributed by atoms with E-state index < -0.39 is 11.7 Å². The monoisotopic (exact) mass is 315 g/mol. The first-order chi connectivity index (χ1) is 11.0. The fourth-order valence-corrected chi connectivity index (χ4v) is 2.23. The number of nitrogens with zero attached hydrogens (tertiary/aromatic N) is 2. The lowest BCUT2D eigenvalue weighted by molar-refractivity contribution is -0.118. The molecule has 0 atom stereocenters. The number of nitrogens with one attached hydrogen (secondary N) is 1. The maximum atomic E-state index is 12.4. The van der Waals surface area contributed by atoms with Crippen LogP contribution in [0.25, 0.3) is 0 Å². The van der Waals surface area contributed by atoms with Gasteiger partial charge in [-0.3, -0.25) is 14.4 Å². The Morgan fingerprint density at radius 2 is 1.91 bits per heavy atom. The van der Waals surface area contributed by atoms with Crippen molar-refractivity contribution in [3.63, 3.8) is 0 Å². The third kappa shape index (κ3) is 3.50. The lowest BCUT2D eigenvalue weighted by atomic mass is 9.88. The molecule has 0 aromatic carbocycles. The van der Waals surface area contributed by atoms with E-state index in [0.29, 0.717) is 5.57 Å². The summed E-state index contributed by atoms with van der Waals surface area (Å²) in [5.41, 5.74) is 0.513. The highest BCUT2D eigenvalue weighted by atomic mass is 16.5. The summed E-state index contributed by atoms with van der Waals surface area (Å²) in [6.45, 7) is 3.53. The zero-order chi connectivity index (χ0) is 17.0. The van der Waals surface area contributed by atoms with Crippen molar-refractivity contribution in [2.24, 2.45) is 5.92 Å². The Balaban J connectivity index is 2.13. The number of methoxy groups -OCH3 is 1. The molecule has 2 rings (SSSR count). The summed E-state index contributed by atoms with van der Waals surface area (Å²) in [4.78, 5) is 44.1. The maximum absolute atomic E-state index is 12.4. The molecule has 0 radical (unpaired) electrons. The van der Waals surface area contributed by atoms with Gasteiger partial charge in [-0.25, -0.2) is 9.97 Å². The predicted molar refractivity (Wildman–Crippen MR) is 81.3 cm³/mol. The summed E-state index contributed by atoms with van der Waals surface area (Å²) in [6, 6.07) is 1.59. The van der Waals surface area contributed by atoms with E-state index in [4.69, 9.17) is 4.74 Å². The van der Waals surface area contributed by atoms with Gasteiger partial charge in [0.15, 0.2) is 11.5 Å². The van der Waals surface area contributed by atoms with Crippen molar-refractivity contribution in [1.82, 2.24) is 15.3 Å². The smallest absolute Gasteiger partial charge is 0.289 e. The highest BCUT2D eigenvalue weighted by Crippen LogP contribution is 2.25. The number of ether oxygens (including phenoxy) is 1. The van der Waals surface area contributed by atoms with Crippen LogP contribution in [0.2, 0.25) is 0 Å². The molecule has 0 spiro atoms. The number of allylic oxidation sites excluding steroid dienone is 3. The van der Waals surface area contributed by atoms with Gasteiger partial charge in [0.25, 0.3) is 5.91 Å². The molecule has 7 nitrogen and oxygen atoms in total. The summed E-state index contributed by atoms with van der Waals surface area (Å²) in [5.74, 6) is -1.31. The largest absolute Gasteiger partial charge is 0.492 e. The Morgan fingerprint density at radius 3 is 2.48 bits per heavy atom. The number of ketones is 2. The second-order valence-corrected chi connectivity index (χ2v) is 5.22. The molecular formula is C16H17N3O4. The van der Waals surface area contributed by atoms with Crippen molar-refractivity contribution in [3.8, 4) is 0 Å². The van der Waals surface area contributed by atoms with Crippen molar-refractivity contribution < 1.29 is 19.1 Å². The van der Waals surface area contributed by atoms with E-state index >= 15 is 0 Å². The minimum atomic E-state index is -0.524. The van der Waals surface area contributed by atoms with E-state index in [1.165, 1.54) is 25.6 Å². The van der Waals surface area contributed by atoms with Gasteiger partial charge in [0.1, 0.15) is 0 Å². The van der Waals surface area contributed by atoms with Crippen LogP contribution < -0.4 is 5.32 Å². The first kappa shape index (κ1) is 16.5. The lowest BCUT2D eigenvalue weighted by Gasteiger charge is -2.20. The standard InChI is InChI=1S/C16H17N3O4/c1-9(2)12-11(20)7-10(13(21)14(12)23-3)8-19-16(22)15-17-5-4-6-18-15/h4-7,9H,8H2,1-3H3,(H,19,22). The SMILES string of the molecule is COC1=C(C(C)C)C(=O)C=C(CNC(=O)c2ncccn2)C1=O. The molecule has 1 aliphatic rings. The summed E-state index contributed by atoms with van der Waals surface area (Å²) in [7, 11) is 1.35. The molecule has 0 saturated carbocycles. The third-order valence-corrected chi connectivity index (χ3v) is 3.30. The number of Topliss-reactive ketones (excluding diaryl/α,β-unsaturated/α-hetero) is 1. The Hall–Kier alpha value is -2.83.